The lowest BCUT2D eigenvalue weighted by atomic mass is 9.81. The molecule has 3 aliphatic rings. The largest absolute Gasteiger partial charge is 0.316 e. The maximum Gasteiger partial charge on any atom is 0.0563 e. The molecule has 4 atom stereocenters. The molecule has 4 N–H and O–H groups in total. The van der Waals surface area contributed by atoms with E-state index >= 15 is 0 Å². The fourth-order valence-electron chi connectivity index (χ4n) is 4.63. The van der Waals surface area contributed by atoms with Gasteiger partial charge >= 0.3 is 0 Å². The van der Waals surface area contributed by atoms with Crippen LogP contribution in [0.5, 0.6) is 0 Å². The Labute approximate surface area is 136 Å². The molecule has 0 aromatic carbocycles. The predicted octanol–water partition coefficient (Wildman–Crippen LogP) is 3.16. The second kappa shape index (κ2) is 7.94. The third kappa shape index (κ3) is 4.56. The second-order valence-corrected chi connectivity index (χ2v) is 8.11. The first-order valence-electron chi connectivity index (χ1n) is 9.62. The Morgan fingerprint density at radius 3 is 2.68 bits per heavy atom. The van der Waals surface area contributed by atoms with Gasteiger partial charge in [0, 0.05) is 12.1 Å². The van der Waals surface area contributed by atoms with Crippen molar-refractivity contribution in [1.29, 1.82) is 0 Å². The Morgan fingerprint density at radius 1 is 1.14 bits per heavy atom. The topological polar surface area (TPSA) is 50.1 Å². The van der Waals surface area contributed by atoms with E-state index in [4.69, 9.17) is 5.73 Å². The summed E-state index contributed by atoms with van der Waals surface area (Å²) < 4.78 is 0. The molecule has 1 heterocycles. The van der Waals surface area contributed by atoms with E-state index in [0.29, 0.717) is 18.0 Å². The van der Waals surface area contributed by atoms with E-state index < -0.39 is 0 Å². The summed E-state index contributed by atoms with van der Waals surface area (Å²) in [4.78, 5) is 0. The highest BCUT2D eigenvalue weighted by Crippen LogP contribution is 2.29. The van der Waals surface area contributed by atoms with Gasteiger partial charge in [0.05, 0.1) is 6.17 Å². The number of hydrogen-bond acceptors (Lipinski definition) is 3. The van der Waals surface area contributed by atoms with E-state index in [2.05, 4.69) is 29.7 Å². The molecule has 0 radical (unpaired) electrons. The zero-order valence-electron chi connectivity index (χ0n) is 14.3. The van der Waals surface area contributed by atoms with Crippen molar-refractivity contribution >= 4 is 0 Å². The van der Waals surface area contributed by atoms with Crippen molar-refractivity contribution in [3.05, 3.63) is 12.2 Å². The maximum absolute atomic E-state index is 6.27. The Balaban J connectivity index is 1.46. The first-order chi connectivity index (χ1) is 10.7. The summed E-state index contributed by atoms with van der Waals surface area (Å²) in [6, 6.07) is 1.18. The number of piperidine rings is 1. The first kappa shape index (κ1) is 16.5. The number of nitrogens with one attached hydrogen (secondary N) is 2. The van der Waals surface area contributed by atoms with Gasteiger partial charge in [0.1, 0.15) is 0 Å². The van der Waals surface area contributed by atoms with Crippen LogP contribution in [-0.2, 0) is 0 Å². The number of hydrogen-bond donors (Lipinski definition) is 3. The van der Waals surface area contributed by atoms with Crippen LogP contribution < -0.4 is 16.4 Å². The molecule has 0 bridgehead atoms. The molecular weight excluding hydrogens is 270 g/mol. The molecule has 1 aliphatic heterocycles. The molecule has 0 aromatic rings. The number of rotatable bonds is 4. The van der Waals surface area contributed by atoms with Gasteiger partial charge in [-0.2, -0.15) is 0 Å². The molecule has 0 amide bonds. The van der Waals surface area contributed by atoms with E-state index in [9.17, 15) is 0 Å². The van der Waals surface area contributed by atoms with Crippen molar-refractivity contribution in [2.45, 2.75) is 83.0 Å². The van der Waals surface area contributed by atoms with E-state index in [1.165, 1.54) is 57.9 Å². The third-order valence-corrected chi connectivity index (χ3v) is 6.14. The zero-order valence-corrected chi connectivity index (χ0v) is 14.3. The van der Waals surface area contributed by atoms with Crippen molar-refractivity contribution in [3.8, 4) is 0 Å². The summed E-state index contributed by atoms with van der Waals surface area (Å²) in [7, 11) is 0. The highest BCUT2D eigenvalue weighted by atomic mass is 15.1. The summed E-state index contributed by atoms with van der Waals surface area (Å²) >= 11 is 0. The van der Waals surface area contributed by atoms with Gasteiger partial charge in [-0.15, -0.1) is 0 Å². The minimum absolute atomic E-state index is 0.165. The second-order valence-electron chi connectivity index (χ2n) is 8.11. The van der Waals surface area contributed by atoms with Gasteiger partial charge in [-0.25, -0.2) is 0 Å². The van der Waals surface area contributed by atoms with Gasteiger partial charge in [-0.3, -0.25) is 5.32 Å². The Bertz CT molecular complexity index is 360. The van der Waals surface area contributed by atoms with Gasteiger partial charge in [0.2, 0.25) is 0 Å². The molecule has 22 heavy (non-hydrogen) atoms. The SMILES string of the molecule is CC1CCC(CNC2CC(C3C=CCCC3)N[C@H](N)C2)CC1. The number of allylic oxidation sites excluding steroid dienone is 1. The van der Waals surface area contributed by atoms with Crippen molar-refractivity contribution in [2.24, 2.45) is 23.5 Å². The minimum Gasteiger partial charge on any atom is -0.316 e. The van der Waals surface area contributed by atoms with E-state index in [1.54, 1.807) is 0 Å². The van der Waals surface area contributed by atoms with Crippen LogP contribution in [0.25, 0.3) is 0 Å². The van der Waals surface area contributed by atoms with Crippen molar-refractivity contribution in [1.82, 2.24) is 10.6 Å². The highest BCUT2D eigenvalue weighted by molar-refractivity contribution is 5.01. The first-order valence-corrected chi connectivity index (χ1v) is 9.62. The molecule has 2 fully saturated rings. The normalized spacial score (nSPS) is 43.2. The van der Waals surface area contributed by atoms with Crippen LogP contribution in [0.4, 0.5) is 0 Å². The lowest BCUT2D eigenvalue weighted by Crippen LogP contribution is -2.57. The van der Waals surface area contributed by atoms with Gasteiger partial charge < -0.3 is 11.1 Å². The molecule has 1 saturated carbocycles. The molecule has 3 unspecified atom stereocenters. The van der Waals surface area contributed by atoms with Gasteiger partial charge in [0.25, 0.3) is 0 Å². The predicted molar refractivity (Wildman–Crippen MR) is 93.5 cm³/mol. The lowest BCUT2D eigenvalue weighted by Gasteiger charge is -2.39. The van der Waals surface area contributed by atoms with Crippen LogP contribution in [0.2, 0.25) is 0 Å². The van der Waals surface area contributed by atoms with Crippen LogP contribution >= 0.6 is 0 Å². The summed E-state index contributed by atoms with van der Waals surface area (Å²) in [5.41, 5.74) is 6.27. The van der Waals surface area contributed by atoms with Crippen molar-refractivity contribution in [2.75, 3.05) is 6.54 Å². The number of nitrogens with two attached hydrogens (primary N) is 1. The van der Waals surface area contributed by atoms with Crippen molar-refractivity contribution < 1.29 is 0 Å². The summed E-state index contributed by atoms with van der Waals surface area (Å²) in [5.74, 6) is 2.54. The quantitative estimate of drug-likeness (QED) is 0.699. The Hall–Kier alpha value is -0.380. The van der Waals surface area contributed by atoms with E-state index in [0.717, 1.165) is 18.3 Å². The molecular formula is C19H35N3. The van der Waals surface area contributed by atoms with Gasteiger partial charge in [0.15, 0.2) is 0 Å². The molecule has 3 rings (SSSR count). The van der Waals surface area contributed by atoms with E-state index in [1.807, 2.05) is 0 Å². The molecule has 1 saturated heterocycles. The summed E-state index contributed by atoms with van der Waals surface area (Å²) in [6.45, 7) is 3.61. The van der Waals surface area contributed by atoms with Crippen LogP contribution in [0.1, 0.15) is 64.7 Å². The van der Waals surface area contributed by atoms with Crippen molar-refractivity contribution in [3.63, 3.8) is 0 Å². The summed E-state index contributed by atoms with van der Waals surface area (Å²) in [5, 5.41) is 7.51. The van der Waals surface area contributed by atoms with Crippen LogP contribution in [0.15, 0.2) is 12.2 Å². The van der Waals surface area contributed by atoms with Crippen LogP contribution in [-0.4, -0.2) is 24.8 Å². The Kier molecular flexibility index (Phi) is 5.95. The smallest absolute Gasteiger partial charge is 0.0563 e. The van der Waals surface area contributed by atoms with Crippen LogP contribution in [0, 0.1) is 17.8 Å². The minimum atomic E-state index is 0.165. The standard InChI is InChI=1S/C19H35N3/c1-14-7-9-15(10-8-14)13-21-17-11-18(22-19(20)12-17)16-5-3-2-4-6-16/h3,5,14-19,21-22H,2,4,6-13,20H2,1H3/t14?,15?,16?,17?,18?,19-/m0/s1. The maximum atomic E-state index is 6.27. The fourth-order valence-corrected chi connectivity index (χ4v) is 4.63. The average Bonchev–Trinajstić information content (AvgIpc) is 2.55. The monoisotopic (exact) mass is 305 g/mol. The molecule has 126 valence electrons. The average molecular weight is 306 g/mol. The summed E-state index contributed by atoms with van der Waals surface area (Å²) in [6.07, 6.45) is 16.9. The zero-order chi connectivity index (χ0) is 15.4. The Morgan fingerprint density at radius 2 is 1.95 bits per heavy atom. The third-order valence-electron chi connectivity index (χ3n) is 6.14. The molecule has 2 aliphatic carbocycles. The molecule has 3 heteroatoms. The highest BCUT2D eigenvalue weighted by Gasteiger charge is 2.31. The molecule has 0 spiro atoms. The fraction of sp³-hybridized carbons (Fsp3) is 0.895. The lowest BCUT2D eigenvalue weighted by molar-refractivity contribution is 0.205. The molecule has 0 aromatic heterocycles. The van der Waals surface area contributed by atoms with Crippen LogP contribution in [0.3, 0.4) is 0 Å². The van der Waals surface area contributed by atoms with Gasteiger partial charge in [-0.1, -0.05) is 31.9 Å². The van der Waals surface area contributed by atoms with E-state index in [-0.39, 0.29) is 6.17 Å². The molecule has 3 nitrogen and oxygen atoms in total. The van der Waals surface area contributed by atoms with Gasteiger partial charge in [-0.05, 0) is 69.2 Å².